The average Bonchev–Trinajstić information content (AvgIpc) is 2.63. The maximum atomic E-state index is 12.3. The van der Waals surface area contributed by atoms with Crippen LogP contribution in [0.2, 0.25) is 0 Å². The number of amides is 2. The van der Waals surface area contributed by atoms with Crippen molar-refractivity contribution < 1.29 is 14.3 Å². The molecule has 0 fully saturated rings. The van der Waals surface area contributed by atoms with Crippen molar-refractivity contribution in [2.45, 2.75) is 12.6 Å². The third-order valence-corrected chi connectivity index (χ3v) is 4.12. The van der Waals surface area contributed by atoms with Crippen molar-refractivity contribution in [3.05, 3.63) is 59.7 Å². The summed E-state index contributed by atoms with van der Waals surface area (Å²) in [6, 6.07) is 15.2. The minimum atomic E-state index is -0.247. The third kappa shape index (κ3) is 5.47. The molecule has 0 aliphatic carbocycles. The molecule has 2 N–H and O–H groups in total. The number of carbonyl (C=O) groups excluding carboxylic acids is 1. The molecular weight excluding hydrogens is 330 g/mol. The molecule has 140 valence electrons. The van der Waals surface area contributed by atoms with Crippen LogP contribution in [0.3, 0.4) is 0 Å². The Labute approximate surface area is 155 Å². The highest BCUT2D eigenvalue weighted by atomic mass is 16.5. The number of nitrogens with one attached hydrogen (secondary N) is 2. The predicted molar refractivity (Wildman–Crippen MR) is 104 cm³/mol. The Kier molecular flexibility index (Phi) is 7.44. The van der Waals surface area contributed by atoms with Gasteiger partial charge in [0, 0.05) is 24.9 Å². The van der Waals surface area contributed by atoms with Gasteiger partial charge in [-0.15, -0.1) is 0 Å². The Morgan fingerprint density at radius 1 is 1.12 bits per heavy atom. The van der Waals surface area contributed by atoms with E-state index in [-0.39, 0.29) is 12.1 Å². The van der Waals surface area contributed by atoms with E-state index in [0.717, 1.165) is 22.6 Å². The van der Waals surface area contributed by atoms with Crippen LogP contribution in [0.5, 0.6) is 5.75 Å². The highest BCUT2D eigenvalue weighted by Crippen LogP contribution is 2.22. The molecule has 0 radical (unpaired) electrons. The molecule has 2 rings (SSSR count). The van der Waals surface area contributed by atoms with Crippen LogP contribution in [0, 0.1) is 0 Å². The summed E-state index contributed by atoms with van der Waals surface area (Å²) in [6.07, 6.45) is 0. The molecule has 0 aliphatic heterocycles. The summed E-state index contributed by atoms with van der Waals surface area (Å²) in [5.41, 5.74) is 2.76. The summed E-state index contributed by atoms with van der Waals surface area (Å²) >= 11 is 0. The number of hydrogen-bond acceptors (Lipinski definition) is 4. The van der Waals surface area contributed by atoms with Crippen molar-refractivity contribution in [1.82, 2.24) is 10.2 Å². The molecule has 0 saturated heterocycles. The number of carbonyl (C=O) groups is 1. The number of urea groups is 1. The Morgan fingerprint density at radius 2 is 1.88 bits per heavy atom. The minimum Gasteiger partial charge on any atom is -0.497 e. The normalized spacial score (nSPS) is 11.9. The lowest BCUT2D eigenvalue weighted by Gasteiger charge is -2.25. The molecule has 0 spiro atoms. The number of ether oxygens (including phenoxy) is 2. The van der Waals surface area contributed by atoms with Crippen LogP contribution in [0.4, 0.5) is 10.5 Å². The van der Waals surface area contributed by atoms with Crippen LogP contribution in [-0.2, 0) is 11.3 Å². The SMILES string of the molecule is COCc1ccccc1NC(=O)NCC(c1cccc(OC)c1)N(C)C. The summed E-state index contributed by atoms with van der Waals surface area (Å²) < 4.78 is 10.5. The molecule has 6 heteroatoms. The van der Waals surface area contributed by atoms with Gasteiger partial charge in [-0.05, 0) is 37.9 Å². The first-order valence-electron chi connectivity index (χ1n) is 8.47. The summed E-state index contributed by atoms with van der Waals surface area (Å²) in [5, 5.41) is 5.83. The van der Waals surface area contributed by atoms with Gasteiger partial charge in [-0.2, -0.15) is 0 Å². The van der Waals surface area contributed by atoms with E-state index in [1.165, 1.54) is 0 Å². The lowest BCUT2D eigenvalue weighted by molar-refractivity contribution is 0.185. The van der Waals surface area contributed by atoms with E-state index in [1.807, 2.05) is 62.6 Å². The smallest absolute Gasteiger partial charge is 0.319 e. The van der Waals surface area contributed by atoms with E-state index in [0.29, 0.717) is 13.2 Å². The summed E-state index contributed by atoms with van der Waals surface area (Å²) in [7, 11) is 7.24. The topological polar surface area (TPSA) is 62.8 Å². The minimum absolute atomic E-state index is 0.0325. The van der Waals surface area contributed by atoms with E-state index in [9.17, 15) is 4.79 Å². The van der Waals surface area contributed by atoms with E-state index in [1.54, 1.807) is 14.2 Å². The van der Waals surface area contributed by atoms with Crippen LogP contribution in [0.15, 0.2) is 48.5 Å². The van der Waals surface area contributed by atoms with Gasteiger partial charge in [0.05, 0.1) is 19.8 Å². The lowest BCUT2D eigenvalue weighted by atomic mass is 10.1. The Bertz CT molecular complexity index is 719. The van der Waals surface area contributed by atoms with Gasteiger partial charge >= 0.3 is 6.03 Å². The second kappa shape index (κ2) is 9.79. The van der Waals surface area contributed by atoms with Crippen molar-refractivity contribution in [3.63, 3.8) is 0 Å². The average molecular weight is 357 g/mol. The largest absolute Gasteiger partial charge is 0.497 e. The molecule has 0 heterocycles. The summed E-state index contributed by atoms with van der Waals surface area (Å²) in [6.45, 7) is 0.916. The van der Waals surface area contributed by atoms with E-state index < -0.39 is 0 Å². The number of nitrogens with zero attached hydrogens (tertiary/aromatic N) is 1. The van der Waals surface area contributed by atoms with Crippen molar-refractivity contribution in [3.8, 4) is 5.75 Å². The van der Waals surface area contributed by atoms with Gasteiger partial charge in [-0.25, -0.2) is 4.79 Å². The van der Waals surface area contributed by atoms with Crippen molar-refractivity contribution in [2.24, 2.45) is 0 Å². The highest BCUT2D eigenvalue weighted by Gasteiger charge is 2.16. The number of para-hydroxylation sites is 1. The number of hydrogen-bond donors (Lipinski definition) is 2. The molecular formula is C20H27N3O3. The van der Waals surface area contributed by atoms with E-state index in [4.69, 9.17) is 9.47 Å². The van der Waals surface area contributed by atoms with Gasteiger partial charge in [0.1, 0.15) is 5.75 Å². The van der Waals surface area contributed by atoms with Crippen LogP contribution in [0.25, 0.3) is 0 Å². The van der Waals surface area contributed by atoms with E-state index >= 15 is 0 Å². The maximum absolute atomic E-state index is 12.3. The summed E-state index contributed by atoms with van der Waals surface area (Å²) in [4.78, 5) is 14.4. The molecule has 0 aromatic heterocycles. The Hall–Kier alpha value is -2.57. The quantitative estimate of drug-likeness (QED) is 0.761. The predicted octanol–water partition coefficient (Wildman–Crippen LogP) is 3.27. The number of likely N-dealkylation sites (N-methyl/N-ethyl adjacent to an activating group) is 1. The second-order valence-corrected chi connectivity index (χ2v) is 6.18. The molecule has 0 saturated carbocycles. The zero-order valence-corrected chi connectivity index (χ0v) is 15.8. The van der Waals surface area contributed by atoms with Crippen LogP contribution in [-0.4, -0.2) is 45.8 Å². The van der Waals surface area contributed by atoms with Gasteiger partial charge in [-0.3, -0.25) is 0 Å². The second-order valence-electron chi connectivity index (χ2n) is 6.18. The van der Waals surface area contributed by atoms with Crippen LogP contribution < -0.4 is 15.4 Å². The van der Waals surface area contributed by atoms with Gasteiger partial charge in [-0.1, -0.05) is 30.3 Å². The number of benzene rings is 2. The molecule has 2 aromatic rings. The fourth-order valence-corrected chi connectivity index (χ4v) is 2.73. The first kappa shape index (κ1) is 19.8. The molecule has 2 aromatic carbocycles. The molecule has 0 bridgehead atoms. The standard InChI is InChI=1S/C20H27N3O3/c1-23(2)19(15-9-7-10-17(12-15)26-4)13-21-20(24)22-18-11-6-5-8-16(18)14-25-3/h5-12,19H,13-14H2,1-4H3,(H2,21,22,24). The zero-order valence-electron chi connectivity index (χ0n) is 15.8. The van der Waals surface area contributed by atoms with Crippen molar-refractivity contribution >= 4 is 11.7 Å². The summed E-state index contributed by atoms with van der Waals surface area (Å²) in [5.74, 6) is 0.798. The Balaban J connectivity index is 2.01. The monoisotopic (exact) mass is 357 g/mol. The molecule has 26 heavy (non-hydrogen) atoms. The maximum Gasteiger partial charge on any atom is 0.319 e. The lowest BCUT2D eigenvalue weighted by Crippen LogP contribution is -2.37. The molecule has 0 aliphatic rings. The third-order valence-electron chi connectivity index (χ3n) is 4.12. The molecule has 2 amide bonds. The first-order valence-corrected chi connectivity index (χ1v) is 8.47. The zero-order chi connectivity index (χ0) is 18.9. The number of anilines is 1. The van der Waals surface area contributed by atoms with Gasteiger partial charge in [0.25, 0.3) is 0 Å². The van der Waals surface area contributed by atoms with Gasteiger partial charge in [0.2, 0.25) is 0 Å². The van der Waals surface area contributed by atoms with Gasteiger partial charge < -0.3 is 25.0 Å². The molecule has 1 atom stereocenters. The highest BCUT2D eigenvalue weighted by molar-refractivity contribution is 5.90. The van der Waals surface area contributed by atoms with E-state index in [2.05, 4.69) is 15.5 Å². The Morgan fingerprint density at radius 3 is 2.58 bits per heavy atom. The van der Waals surface area contributed by atoms with Crippen molar-refractivity contribution in [1.29, 1.82) is 0 Å². The van der Waals surface area contributed by atoms with Crippen LogP contribution in [0.1, 0.15) is 17.2 Å². The van der Waals surface area contributed by atoms with Crippen molar-refractivity contribution in [2.75, 3.05) is 40.2 Å². The molecule has 6 nitrogen and oxygen atoms in total. The fourth-order valence-electron chi connectivity index (χ4n) is 2.73. The first-order chi connectivity index (χ1) is 12.5. The number of rotatable bonds is 8. The fraction of sp³-hybridized carbons (Fsp3) is 0.350. The number of methoxy groups -OCH3 is 2. The molecule has 1 unspecified atom stereocenters. The van der Waals surface area contributed by atoms with Crippen LogP contribution >= 0.6 is 0 Å². The van der Waals surface area contributed by atoms with Gasteiger partial charge in [0.15, 0.2) is 0 Å².